The first-order valence-electron chi connectivity index (χ1n) is 5.19. The molecule has 2 heteroatoms. The Labute approximate surface area is 89.4 Å². The molecule has 0 saturated carbocycles. The summed E-state index contributed by atoms with van der Waals surface area (Å²) in [5.41, 5.74) is 2.26. The highest BCUT2D eigenvalue weighted by molar-refractivity contribution is 5.64. The molecule has 1 nitrogen and oxygen atoms in total. The van der Waals surface area contributed by atoms with Crippen molar-refractivity contribution < 1.29 is 4.39 Å². The van der Waals surface area contributed by atoms with Gasteiger partial charge in [-0.05, 0) is 37.5 Å². The Balaban J connectivity index is 1.99. The van der Waals surface area contributed by atoms with Gasteiger partial charge in [-0.2, -0.15) is 0 Å². The van der Waals surface area contributed by atoms with E-state index in [1.54, 1.807) is 0 Å². The number of halogens is 1. The molecule has 2 rings (SSSR count). The van der Waals surface area contributed by atoms with Crippen molar-refractivity contribution in [3.63, 3.8) is 0 Å². The van der Waals surface area contributed by atoms with E-state index >= 15 is 0 Å². The van der Waals surface area contributed by atoms with Crippen molar-refractivity contribution in [2.75, 3.05) is 0 Å². The molecular weight excluding hydrogens is 189 g/mol. The second-order valence-electron chi connectivity index (χ2n) is 3.95. The fourth-order valence-corrected chi connectivity index (χ4v) is 1.72. The van der Waals surface area contributed by atoms with Crippen LogP contribution in [-0.4, -0.2) is 6.21 Å². The highest BCUT2D eigenvalue weighted by Gasteiger charge is 2.09. The van der Waals surface area contributed by atoms with Crippen LogP contribution in [0.25, 0.3) is 0 Å². The van der Waals surface area contributed by atoms with Crippen molar-refractivity contribution in [1.29, 1.82) is 0 Å². The Morgan fingerprint density at radius 2 is 2.07 bits per heavy atom. The maximum absolute atomic E-state index is 12.7. The lowest BCUT2D eigenvalue weighted by atomic mass is 9.95. The van der Waals surface area contributed by atoms with E-state index in [2.05, 4.69) is 11.1 Å². The summed E-state index contributed by atoms with van der Waals surface area (Å²) in [4.78, 5) is 4.29. The van der Waals surface area contributed by atoms with Gasteiger partial charge in [0.15, 0.2) is 0 Å². The highest BCUT2D eigenvalue weighted by atomic mass is 19.1. The van der Waals surface area contributed by atoms with Crippen LogP contribution in [0.2, 0.25) is 0 Å². The van der Waals surface area contributed by atoms with Gasteiger partial charge >= 0.3 is 0 Å². The minimum absolute atomic E-state index is 0.174. The predicted octanol–water partition coefficient (Wildman–Crippen LogP) is 3.36. The zero-order valence-corrected chi connectivity index (χ0v) is 8.78. The SMILES string of the molecule is CC1=CCC(Cc2ccc(F)cc2)C=N1. The van der Waals surface area contributed by atoms with Crippen LogP contribution >= 0.6 is 0 Å². The normalized spacial score (nSPS) is 20.1. The number of benzene rings is 1. The third-order valence-electron chi connectivity index (χ3n) is 2.62. The van der Waals surface area contributed by atoms with Crippen LogP contribution < -0.4 is 0 Å². The van der Waals surface area contributed by atoms with Gasteiger partial charge in [-0.25, -0.2) is 4.39 Å². The first kappa shape index (κ1) is 10.1. The number of allylic oxidation sites excluding steroid dienone is 2. The maximum atomic E-state index is 12.7. The quantitative estimate of drug-likeness (QED) is 0.698. The maximum Gasteiger partial charge on any atom is 0.123 e. The summed E-state index contributed by atoms with van der Waals surface area (Å²) < 4.78 is 12.7. The fourth-order valence-electron chi connectivity index (χ4n) is 1.72. The average molecular weight is 203 g/mol. The van der Waals surface area contributed by atoms with Gasteiger partial charge < -0.3 is 0 Å². The third-order valence-corrected chi connectivity index (χ3v) is 2.62. The molecule has 1 aromatic carbocycles. The molecular formula is C13H14FN. The van der Waals surface area contributed by atoms with E-state index in [1.807, 2.05) is 25.3 Å². The van der Waals surface area contributed by atoms with E-state index in [4.69, 9.17) is 0 Å². The summed E-state index contributed by atoms with van der Waals surface area (Å²) in [6, 6.07) is 6.70. The minimum Gasteiger partial charge on any atom is -0.266 e. The van der Waals surface area contributed by atoms with Crippen molar-refractivity contribution in [3.8, 4) is 0 Å². The van der Waals surface area contributed by atoms with E-state index in [9.17, 15) is 4.39 Å². The van der Waals surface area contributed by atoms with Crippen molar-refractivity contribution in [2.24, 2.45) is 10.9 Å². The molecule has 15 heavy (non-hydrogen) atoms. The van der Waals surface area contributed by atoms with E-state index in [0.29, 0.717) is 5.92 Å². The second-order valence-corrected chi connectivity index (χ2v) is 3.95. The average Bonchev–Trinajstić information content (AvgIpc) is 2.25. The minimum atomic E-state index is -0.174. The molecule has 0 aliphatic carbocycles. The van der Waals surface area contributed by atoms with Crippen molar-refractivity contribution >= 4 is 6.21 Å². The lowest BCUT2D eigenvalue weighted by molar-refractivity contribution is 0.625. The van der Waals surface area contributed by atoms with Crippen LogP contribution in [-0.2, 0) is 6.42 Å². The van der Waals surface area contributed by atoms with Crippen LogP contribution in [0.5, 0.6) is 0 Å². The van der Waals surface area contributed by atoms with Crippen molar-refractivity contribution in [2.45, 2.75) is 19.8 Å². The third kappa shape index (κ3) is 2.75. The molecule has 1 atom stereocenters. The predicted molar refractivity (Wildman–Crippen MR) is 60.5 cm³/mol. The first-order chi connectivity index (χ1) is 7.24. The van der Waals surface area contributed by atoms with Crippen LogP contribution in [0, 0.1) is 11.7 Å². The Hall–Kier alpha value is -1.44. The van der Waals surface area contributed by atoms with Gasteiger partial charge in [0.2, 0.25) is 0 Å². The van der Waals surface area contributed by atoms with Crippen molar-refractivity contribution in [1.82, 2.24) is 0 Å². The number of rotatable bonds is 2. The molecule has 1 aromatic rings. The summed E-state index contributed by atoms with van der Waals surface area (Å²) in [6.45, 7) is 2.00. The van der Waals surface area contributed by atoms with Crippen LogP contribution in [0.1, 0.15) is 18.9 Å². The smallest absolute Gasteiger partial charge is 0.123 e. The molecule has 1 heterocycles. The van der Waals surface area contributed by atoms with Gasteiger partial charge in [-0.15, -0.1) is 0 Å². The summed E-state index contributed by atoms with van der Waals surface area (Å²) in [7, 11) is 0. The summed E-state index contributed by atoms with van der Waals surface area (Å²) in [5.74, 6) is 0.283. The van der Waals surface area contributed by atoms with Crippen molar-refractivity contribution in [3.05, 3.63) is 47.4 Å². The molecule has 1 unspecified atom stereocenters. The molecule has 0 amide bonds. The zero-order valence-electron chi connectivity index (χ0n) is 8.78. The van der Waals surface area contributed by atoms with Gasteiger partial charge in [-0.3, -0.25) is 4.99 Å². The molecule has 0 N–H and O–H groups in total. The Bertz CT molecular complexity index is 390. The molecule has 78 valence electrons. The first-order valence-corrected chi connectivity index (χ1v) is 5.19. The summed E-state index contributed by atoms with van der Waals surface area (Å²) >= 11 is 0. The number of hydrogen-bond donors (Lipinski definition) is 0. The Morgan fingerprint density at radius 3 is 2.67 bits per heavy atom. The van der Waals surface area contributed by atoms with Gasteiger partial charge in [0.05, 0.1) is 0 Å². The molecule has 0 radical (unpaired) electrons. The molecule has 0 spiro atoms. The monoisotopic (exact) mass is 203 g/mol. The summed E-state index contributed by atoms with van der Waals surface area (Å²) in [5, 5.41) is 0. The standard InChI is InChI=1S/C13H14FN/c1-10-2-3-12(9-15-10)8-11-4-6-13(14)7-5-11/h2,4-7,9,12H,3,8H2,1H3. The molecule has 0 saturated heterocycles. The van der Waals surface area contributed by atoms with E-state index < -0.39 is 0 Å². The number of nitrogens with zero attached hydrogens (tertiary/aromatic N) is 1. The molecule has 0 bridgehead atoms. The zero-order chi connectivity index (χ0) is 10.7. The lowest BCUT2D eigenvalue weighted by Crippen LogP contribution is -2.08. The van der Waals surface area contributed by atoms with Gasteiger partial charge in [-0.1, -0.05) is 18.2 Å². The number of aliphatic imine (C=N–C) groups is 1. The lowest BCUT2D eigenvalue weighted by Gasteiger charge is -2.13. The fraction of sp³-hybridized carbons (Fsp3) is 0.308. The molecule has 0 fully saturated rings. The largest absolute Gasteiger partial charge is 0.266 e. The van der Waals surface area contributed by atoms with Crippen LogP contribution in [0.4, 0.5) is 4.39 Å². The molecule has 1 aliphatic rings. The summed E-state index contributed by atoms with van der Waals surface area (Å²) in [6.07, 6.45) is 6.12. The van der Waals surface area contributed by atoms with E-state index in [-0.39, 0.29) is 5.82 Å². The van der Waals surface area contributed by atoms with Gasteiger partial charge in [0, 0.05) is 17.8 Å². The number of hydrogen-bond acceptors (Lipinski definition) is 1. The Morgan fingerprint density at radius 1 is 1.33 bits per heavy atom. The van der Waals surface area contributed by atoms with Crippen LogP contribution in [0.3, 0.4) is 0 Å². The highest BCUT2D eigenvalue weighted by Crippen LogP contribution is 2.17. The topological polar surface area (TPSA) is 12.4 Å². The van der Waals surface area contributed by atoms with E-state index in [1.165, 1.54) is 17.7 Å². The van der Waals surface area contributed by atoms with Gasteiger partial charge in [0.25, 0.3) is 0 Å². The molecule has 0 aromatic heterocycles. The second kappa shape index (κ2) is 4.39. The van der Waals surface area contributed by atoms with Gasteiger partial charge in [0.1, 0.15) is 5.82 Å². The van der Waals surface area contributed by atoms with Crippen LogP contribution in [0.15, 0.2) is 41.0 Å². The van der Waals surface area contributed by atoms with E-state index in [0.717, 1.165) is 18.5 Å². The Kier molecular flexibility index (Phi) is 2.95. The molecule has 1 aliphatic heterocycles.